The van der Waals surface area contributed by atoms with E-state index < -0.39 is 0 Å². The van der Waals surface area contributed by atoms with Crippen LogP contribution in [0.25, 0.3) is 0 Å². The van der Waals surface area contributed by atoms with Gasteiger partial charge in [-0.15, -0.1) is 0 Å². The summed E-state index contributed by atoms with van der Waals surface area (Å²) in [5.74, 6) is -0.0561. The van der Waals surface area contributed by atoms with Gasteiger partial charge in [0, 0.05) is 30.0 Å². The Morgan fingerprint density at radius 3 is 2.22 bits per heavy atom. The summed E-state index contributed by atoms with van der Waals surface area (Å²) in [7, 11) is 0. The molecule has 1 heterocycles. The van der Waals surface area contributed by atoms with Crippen LogP contribution in [0, 0.1) is 0 Å². The van der Waals surface area contributed by atoms with Crippen molar-refractivity contribution in [2.24, 2.45) is 0 Å². The molecule has 1 aliphatic heterocycles. The van der Waals surface area contributed by atoms with Gasteiger partial charge in [-0.05, 0) is 67.6 Å². The number of rotatable bonds is 4. The lowest BCUT2D eigenvalue weighted by atomic mass is 10.1. The van der Waals surface area contributed by atoms with Crippen LogP contribution in [0.15, 0.2) is 48.5 Å². The molecule has 1 fully saturated rings. The van der Waals surface area contributed by atoms with E-state index in [1.165, 1.54) is 30.5 Å². The van der Waals surface area contributed by atoms with E-state index in [-0.39, 0.29) is 5.91 Å². The Bertz CT molecular complexity index is 640. The highest BCUT2D eigenvalue weighted by Gasteiger charge is 2.12. The highest BCUT2D eigenvalue weighted by atomic mass is 16.1. The van der Waals surface area contributed by atoms with Crippen LogP contribution in [0.4, 0.5) is 11.4 Å². The Morgan fingerprint density at radius 1 is 0.957 bits per heavy atom. The first-order valence-corrected chi connectivity index (χ1v) is 8.51. The molecular weight excluding hydrogens is 284 g/mol. The van der Waals surface area contributed by atoms with Crippen molar-refractivity contribution in [2.75, 3.05) is 23.3 Å². The molecule has 3 rings (SSSR count). The van der Waals surface area contributed by atoms with Crippen LogP contribution in [0.2, 0.25) is 0 Å². The quantitative estimate of drug-likeness (QED) is 0.902. The van der Waals surface area contributed by atoms with Crippen LogP contribution >= 0.6 is 0 Å². The van der Waals surface area contributed by atoms with Gasteiger partial charge in [0.2, 0.25) is 0 Å². The van der Waals surface area contributed by atoms with Gasteiger partial charge in [-0.2, -0.15) is 0 Å². The first kappa shape index (κ1) is 15.6. The molecule has 0 bridgehead atoms. The lowest BCUT2D eigenvalue weighted by molar-refractivity contribution is 0.102. The van der Waals surface area contributed by atoms with Crippen molar-refractivity contribution < 1.29 is 4.79 Å². The molecule has 0 radical (unpaired) electrons. The lowest BCUT2D eigenvalue weighted by Crippen LogP contribution is -2.29. The second kappa shape index (κ2) is 7.32. The topological polar surface area (TPSA) is 32.3 Å². The summed E-state index contributed by atoms with van der Waals surface area (Å²) in [6.07, 6.45) is 4.85. The molecule has 0 aromatic heterocycles. The normalized spacial score (nSPS) is 14.6. The number of piperidine rings is 1. The smallest absolute Gasteiger partial charge is 0.255 e. The maximum atomic E-state index is 12.3. The second-order valence-electron chi connectivity index (χ2n) is 6.10. The molecule has 0 atom stereocenters. The molecule has 2 aromatic carbocycles. The molecule has 1 amide bonds. The Balaban J connectivity index is 1.64. The molecule has 2 aromatic rings. The zero-order chi connectivity index (χ0) is 16.1. The van der Waals surface area contributed by atoms with Crippen LogP contribution in [0.3, 0.4) is 0 Å². The maximum absolute atomic E-state index is 12.3. The van der Waals surface area contributed by atoms with Gasteiger partial charge in [-0.3, -0.25) is 4.79 Å². The van der Waals surface area contributed by atoms with E-state index in [1.807, 2.05) is 24.3 Å². The van der Waals surface area contributed by atoms with Crippen molar-refractivity contribution in [3.8, 4) is 0 Å². The van der Waals surface area contributed by atoms with Gasteiger partial charge in [0.15, 0.2) is 0 Å². The third kappa shape index (κ3) is 3.92. The third-order valence-electron chi connectivity index (χ3n) is 4.47. The van der Waals surface area contributed by atoms with Crippen LogP contribution in [-0.4, -0.2) is 19.0 Å². The average molecular weight is 308 g/mol. The Kier molecular flexibility index (Phi) is 4.96. The third-order valence-corrected chi connectivity index (χ3v) is 4.47. The van der Waals surface area contributed by atoms with Crippen molar-refractivity contribution in [1.82, 2.24) is 0 Å². The summed E-state index contributed by atoms with van der Waals surface area (Å²) in [6, 6.07) is 16.0. The van der Waals surface area contributed by atoms with Gasteiger partial charge in [-0.25, -0.2) is 0 Å². The molecule has 3 nitrogen and oxygen atoms in total. The van der Waals surface area contributed by atoms with Gasteiger partial charge in [0.05, 0.1) is 0 Å². The Morgan fingerprint density at radius 2 is 1.61 bits per heavy atom. The summed E-state index contributed by atoms with van der Waals surface area (Å²) in [6.45, 7) is 4.36. The lowest BCUT2D eigenvalue weighted by Gasteiger charge is -2.28. The molecule has 1 saturated heterocycles. The number of aryl methyl sites for hydroxylation is 1. The molecule has 1 aliphatic rings. The van der Waals surface area contributed by atoms with Crippen LogP contribution < -0.4 is 10.2 Å². The number of amides is 1. The van der Waals surface area contributed by atoms with E-state index in [4.69, 9.17) is 0 Å². The Hall–Kier alpha value is -2.29. The van der Waals surface area contributed by atoms with Crippen LogP contribution in [0.1, 0.15) is 42.1 Å². The SMILES string of the molecule is CCc1ccc(NC(=O)c2ccc(N3CCCCC3)cc2)cc1. The number of hydrogen-bond acceptors (Lipinski definition) is 2. The van der Waals surface area contributed by atoms with Crippen molar-refractivity contribution in [1.29, 1.82) is 0 Å². The molecule has 0 spiro atoms. The highest BCUT2D eigenvalue weighted by molar-refractivity contribution is 6.04. The van der Waals surface area contributed by atoms with Gasteiger partial charge in [0.1, 0.15) is 0 Å². The minimum atomic E-state index is -0.0561. The fourth-order valence-electron chi connectivity index (χ4n) is 3.00. The summed E-state index contributed by atoms with van der Waals surface area (Å²) in [4.78, 5) is 14.7. The summed E-state index contributed by atoms with van der Waals surface area (Å²) >= 11 is 0. The molecule has 3 heteroatoms. The molecule has 0 unspecified atom stereocenters. The monoisotopic (exact) mass is 308 g/mol. The molecule has 0 aliphatic carbocycles. The predicted octanol–water partition coefficient (Wildman–Crippen LogP) is 4.49. The van der Waals surface area contributed by atoms with E-state index in [0.29, 0.717) is 5.56 Å². The number of anilines is 2. The van der Waals surface area contributed by atoms with Crippen molar-refractivity contribution in [2.45, 2.75) is 32.6 Å². The predicted molar refractivity (Wildman–Crippen MR) is 96.3 cm³/mol. The Labute approximate surface area is 138 Å². The van der Waals surface area contributed by atoms with Crippen LogP contribution in [0.5, 0.6) is 0 Å². The molecule has 120 valence electrons. The number of nitrogens with zero attached hydrogens (tertiary/aromatic N) is 1. The fourth-order valence-corrected chi connectivity index (χ4v) is 3.00. The largest absolute Gasteiger partial charge is 0.372 e. The zero-order valence-corrected chi connectivity index (χ0v) is 13.7. The maximum Gasteiger partial charge on any atom is 0.255 e. The standard InChI is InChI=1S/C20H24N2O/c1-2-16-6-10-18(11-7-16)21-20(23)17-8-12-19(13-9-17)22-14-4-3-5-15-22/h6-13H,2-5,14-15H2,1H3,(H,21,23). The number of nitrogens with one attached hydrogen (secondary N) is 1. The molecule has 1 N–H and O–H groups in total. The van der Waals surface area contributed by atoms with E-state index in [0.717, 1.165) is 25.2 Å². The summed E-state index contributed by atoms with van der Waals surface area (Å²) < 4.78 is 0. The summed E-state index contributed by atoms with van der Waals surface area (Å²) in [5, 5.41) is 2.96. The van der Waals surface area contributed by atoms with Crippen molar-refractivity contribution >= 4 is 17.3 Å². The van der Waals surface area contributed by atoms with E-state index in [9.17, 15) is 4.79 Å². The number of carbonyl (C=O) groups is 1. The number of benzene rings is 2. The van der Waals surface area contributed by atoms with Gasteiger partial charge in [0.25, 0.3) is 5.91 Å². The van der Waals surface area contributed by atoms with Crippen LogP contribution in [-0.2, 0) is 6.42 Å². The minimum absolute atomic E-state index is 0.0561. The van der Waals surface area contributed by atoms with E-state index in [1.54, 1.807) is 0 Å². The molecular formula is C20H24N2O. The number of carbonyl (C=O) groups excluding carboxylic acids is 1. The first-order valence-electron chi connectivity index (χ1n) is 8.51. The summed E-state index contributed by atoms with van der Waals surface area (Å²) in [5.41, 5.74) is 4.03. The van der Waals surface area contributed by atoms with E-state index >= 15 is 0 Å². The minimum Gasteiger partial charge on any atom is -0.372 e. The molecule has 23 heavy (non-hydrogen) atoms. The van der Waals surface area contributed by atoms with Gasteiger partial charge in [-0.1, -0.05) is 19.1 Å². The van der Waals surface area contributed by atoms with Crippen molar-refractivity contribution in [3.05, 3.63) is 59.7 Å². The number of hydrogen-bond donors (Lipinski definition) is 1. The highest BCUT2D eigenvalue weighted by Crippen LogP contribution is 2.20. The van der Waals surface area contributed by atoms with Gasteiger partial charge < -0.3 is 10.2 Å². The average Bonchev–Trinajstić information content (AvgIpc) is 2.63. The van der Waals surface area contributed by atoms with Crippen molar-refractivity contribution in [3.63, 3.8) is 0 Å². The first-order chi connectivity index (χ1) is 11.3. The fraction of sp³-hybridized carbons (Fsp3) is 0.350. The van der Waals surface area contributed by atoms with E-state index in [2.05, 4.69) is 41.4 Å². The van der Waals surface area contributed by atoms with Gasteiger partial charge >= 0.3 is 0 Å². The molecule has 0 saturated carbocycles. The second-order valence-corrected chi connectivity index (χ2v) is 6.10. The zero-order valence-electron chi connectivity index (χ0n) is 13.7.